The van der Waals surface area contributed by atoms with Crippen LogP contribution in [0.1, 0.15) is 34.1 Å². The molecule has 3 aliphatic carbocycles. The van der Waals surface area contributed by atoms with E-state index in [2.05, 4.69) is 18.2 Å². The Balaban J connectivity index is 2.10. The lowest BCUT2D eigenvalue weighted by Crippen LogP contribution is -2.40. The first-order valence-corrected chi connectivity index (χ1v) is 6.32. The van der Waals surface area contributed by atoms with Crippen LogP contribution in [0.15, 0.2) is 48.5 Å². The molecule has 0 saturated heterocycles. The molecule has 2 aromatic rings. The molecular weight excluding hydrogens is 224 g/mol. The third kappa shape index (κ3) is 1.14. The Bertz CT molecular complexity index is 570. The molecule has 0 fully saturated rings. The van der Waals surface area contributed by atoms with Gasteiger partial charge in [-0.2, -0.15) is 0 Å². The molecule has 0 amide bonds. The van der Waals surface area contributed by atoms with E-state index in [9.17, 15) is 10.2 Å². The second-order valence-electron chi connectivity index (χ2n) is 5.24. The molecule has 18 heavy (non-hydrogen) atoms. The van der Waals surface area contributed by atoms with Gasteiger partial charge in [-0.25, -0.2) is 0 Å². The molecule has 5 rings (SSSR count). The summed E-state index contributed by atoms with van der Waals surface area (Å²) in [5.74, 6) is -0.204. The first kappa shape index (κ1) is 10.3. The number of rotatable bonds is 0. The van der Waals surface area contributed by atoms with Crippen LogP contribution in [0, 0.1) is 0 Å². The van der Waals surface area contributed by atoms with Crippen LogP contribution >= 0.6 is 0 Å². The fraction of sp³-hybridized carbons (Fsp3) is 0.250. The van der Waals surface area contributed by atoms with Gasteiger partial charge in [0.15, 0.2) is 0 Å². The van der Waals surface area contributed by atoms with Crippen molar-refractivity contribution in [1.29, 1.82) is 0 Å². The fourth-order valence-corrected chi connectivity index (χ4v) is 3.54. The standard InChI is InChI=1S/C16H14O2/c17-15-13-9-4-3-5-10(8-9)14(16(15)18)12-7-2-1-6-11(12)13/h1-8,13-18H. The lowest BCUT2D eigenvalue weighted by Gasteiger charge is -2.36. The molecule has 0 heterocycles. The molecule has 4 unspecified atom stereocenters. The molecule has 2 heteroatoms. The van der Waals surface area contributed by atoms with Crippen molar-refractivity contribution in [3.8, 4) is 0 Å². The molecule has 0 radical (unpaired) electrons. The zero-order valence-electron chi connectivity index (χ0n) is 9.82. The van der Waals surface area contributed by atoms with Crippen molar-refractivity contribution < 1.29 is 10.2 Å². The third-order valence-corrected chi connectivity index (χ3v) is 4.33. The van der Waals surface area contributed by atoms with Gasteiger partial charge in [0.25, 0.3) is 0 Å². The van der Waals surface area contributed by atoms with E-state index in [4.69, 9.17) is 0 Å². The minimum atomic E-state index is -0.718. The molecule has 0 aliphatic heterocycles. The van der Waals surface area contributed by atoms with Crippen molar-refractivity contribution in [3.63, 3.8) is 0 Å². The molecule has 0 saturated carbocycles. The number of hydrogen-bond acceptors (Lipinski definition) is 2. The zero-order valence-corrected chi connectivity index (χ0v) is 9.82. The summed E-state index contributed by atoms with van der Waals surface area (Å²) in [5, 5.41) is 20.8. The minimum Gasteiger partial charge on any atom is -0.389 e. The second-order valence-corrected chi connectivity index (χ2v) is 5.24. The summed E-state index contributed by atoms with van der Waals surface area (Å²) in [4.78, 5) is 0. The molecule has 2 N–H and O–H groups in total. The van der Waals surface area contributed by atoms with Gasteiger partial charge in [0.2, 0.25) is 0 Å². The summed E-state index contributed by atoms with van der Waals surface area (Å²) in [6, 6.07) is 16.3. The van der Waals surface area contributed by atoms with Crippen molar-refractivity contribution in [1.82, 2.24) is 0 Å². The molecule has 90 valence electrons. The largest absolute Gasteiger partial charge is 0.389 e. The Morgan fingerprint density at radius 3 is 1.67 bits per heavy atom. The van der Waals surface area contributed by atoms with Crippen LogP contribution in [-0.4, -0.2) is 22.4 Å². The normalized spacial score (nSPS) is 31.9. The molecule has 2 nitrogen and oxygen atoms in total. The molecule has 0 spiro atoms. The monoisotopic (exact) mass is 238 g/mol. The van der Waals surface area contributed by atoms with Crippen LogP contribution in [0.2, 0.25) is 0 Å². The predicted octanol–water partition coefficient (Wildman–Crippen LogP) is 2.00. The summed E-state index contributed by atoms with van der Waals surface area (Å²) < 4.78 is 0. The van der Waals surface area contributed by atoms with Crippen molar-refractivity contribution in [2.45, 2.75) is 24.0 Å². The Kier molecular flexibility index (Phi) is 1.97. The van der Waals surface area contributed by atoms with E-state index in [-0.39, 0.29) is 11.8 Å². The summed E-state index contributed by atoms with van der Waals surface area (Å²) in [6.45, 7) is 0. The first-order valence-electron chi connectivity index (χ1n) is 6.32. The van der Waals surface area contributed by atoms with Crippen molar-refractivity contribution in [2.75, 3.05) is 0 Å². The predicted molar refractivity (Wildman–Crippen MR) is 68.6 cm³/mol. The Labute approximate surface area is 106 Å². The smallest absolute Gasteiger partial charge is 0.0917 e. The van der Waals surface area contributed by atoms with Crippen LogP contribution < -0.4 is 0 Å². The molecule has 4 atom stereocenters. The zero-order chi connectivity index (χ0) is 12.3. The van der Waals surface area contributed by atoms with Crippen LogP contribution in [0.25, 0.3) is 0 Å². The lowest BCUT2D eigenvalue weighted by molar-refractivity contribution is -0.00487. The third-order valence-electron chi connectivity index (χ3n) is 4.33. The maximum atomic E-state index is 10.4. The van der Waals surface area contributed by atoms with Gasteiger partial charge >= 0.3 is 0 Å². The Morgan fingerprint density at radius 2 is 1.17 bits per heavy atom. The highest BCUT2D eigenvalue weighted by atomic mass is 16.3. The molecule has 0 aromatic heterocycles. The van der Waals surface area contributed by atoms with Gasteiger partial charge in [-0.15, -0.1) is 0 Å². The van der Waals surface area contributed by atoms with Gasteiger partial charge in [0.05, 0.1) is 12.2 Å². The van der Waals surface area contributed by atoms with Crippen LogP contribution in [0.4, 0.5) is 0 Å². The Morgan fingerprint density at radius 1 is 0.667 bits per heavy atom. The Hall–Kier alpha value is -1.64. The van der Waals surface area contributed by atoms with Crippen LogP contribution in [-0.2, 0) is 0 Å². The van der Waals surface area contributed by atoms with Gasteiger partial charge < -0.3 is 10.2 Å². The topological polar surface area (TPSA) is 40.5 Å². The maximum absolute atomic E-state index is 10.4. The van der Waals surface area contributed by atoms with Crippen LogP contribution in [0.5, 0.6) is 0 Å². The highest BCUT2D eigenvalue weighted by molar-refractivity contribution is 5.53. The van der Waals surface area contributed by atoms with Crippen molar-refractivity contribution in [3.05, 3.63) is 70.8 Å². The fourth-order valence-electron chi connectivity index (χ4n) is 3.54. The number of fused-ring (bicyclic) bond motifs is 1. The molecule has 2 aromatic carbocycles. The van der Waals surface area contributed by atoms with Gasteiger partial charge in [0, 0.05) is 11.8 Å². The number of benzene rings is 2. The lowest BCUT2D eigenvalue weighted by atomic mass is 9.72. The highest BCUT2D eigenvalue weighted by Crippen LogP contribution is 2.48. The average Bonchev–Trinajstić information content (AvgIpc) is 2.53. The van der Waals surface area contributed by atoms with E-state index in [1.807, 2.05) is 30.3 Å². The molecular formula is C16H14O2. The van der Waals surface area contributed by atoms with Crippen molar-refractivity contribution in [2.24, 2.45) is 0 Å². The quantitative estimate of drug-likeness (QED) is 0.737. The van der Waals surface area contributed by atoms with E-state index in [1.54, 1.807) is 0 Å². The molecule has 3 aliphatic rings. The van der Waals surface area contributed by atoms with E-state index >= 15 is 0 Å². The number of hydrogen-bond donors (Lipinski definition) is 2. The van der Waals surface area contributed by atoms with E-state index in [0.717, 1.165) is 22.3 Å². The maximum Gasteiger partial charge on any atom is 0.0917 e. The summed E-state index contributed by atoms with van der Waals surface area (Å²) in [6.07, 6.45) is -1.44. The van der Waals surface area contributed by atoms with Crippen molar-refractivity contribution >= 4 is 0 Å². The highest BCUT2D eigenvalue weighted by Gasteiger charge is 2.44. The summed E-state index contributed by atoms with van der Waals surface area (Å²) in [7, 11) is 0. The van der Waals surface area contributed by atoms with Crippen LogP contribution in [0.3, 0.4) is 0 Å². The number of aliphatic hydroxyl groups is 2. The van der Waals surface area contributed by atoms with E-state index < -0.39 is 12.2 Å². The van der Waals surface area contributed by atoms with E-state index in [1.165, 1.54) is 0 Å². The first-order chi connectivity index (χ1) is 8.77. The SMILES string of the molecule is OC1C2c3cccc(c3)C(c3ccccc32)C1O. The number of aliphatic hydroxyl groups excluding tert-OH is 2. The summed E-state index contributed by atoms with van der Waals surface area (Å²) in [5.41, 5.74) is 4.51. The summed E-state index contributed by atoms with van der Waals surface area (Å²) >= 11 is 0. The average molecular weight is 238 g/mol. The van der Waals surface area contributed by atoms with Gasteiger partial charge in [-0.05, 0) is 22.3 Å². The van der Waals surface area contributed by atoms with Gasteiger partial charge in [0.1, 0.15) is 0 Å². The van der Waals surface area contributed by atoms with Gasteiger partial charge in [-0.1, -0.05) is 48.5 Å². The minimum absolute atomic E-state index is 0.102. The second kappa shape index (κ2) is 3.44. The van der Waals surface area contributed by atoms with Gasteiger partial charge in [-0.3, -0.25) is 0 Å². The van der Waals surface area contributed by atoms with E-state index in [0.29, 0.717) is 0 Å². The molecule has 4 bridgehead atoms.